The number of hydrogen-bond donors (Lipinski definition) is 2. The second kappa shape index (κ2) is 7.36. The Morgan fingerprint density at radius 1 is 1.37 bits per heavy atom. The molecule has 1 atom stereocenters. The summed E-state index contributed by atoms with van der Waals surface area (Å²) in [5, 5.41) is 6.36. The summed E-state index contributed by atoms with van der Waals surface area (Å²) in [6, 6.07) is 6.00. The number of halogens is 1. The number of amides is 1. The highest BCUT2D eigenvalue weighted by atomic mass is 35.5. The van der Waals surface area contributed by atoms with Crippen LogP contribution in [0.25, 0.3) is 0 Å². The van der Waals surface area contributed by atoms with Crippen molar-refractivity contribution >= 4 is 17.5 Å². The van der Waals surface area contributed by atoms with Crippen molar-refractivity contribution in [1.29, 1.82) is 0 Å². The van der Waals surface area contributed by atoms with E-state index in [1.165, 1.54) is 0 Å². The van der Waals surface area contributed by atoms with Crippen LogP contribution < -0.4 is 15.4 Å². The lowest BCUT2D eigenvalue weighted by Gasteiger charge is -2.15. The molecule has 0 spiro atoms. The van der Waals surface area contributed by atoms with E-state index in [0.717, 1.165) is 12.1 Å². The summed E-state index contributed by atoms with van der Waals surface area (Å²) in [5.41, 5.74) is 1.08. The van der Waals surface area contributed by atoms with Gasteiger partial charge in [0.15, 0.2) is 6.10 Å². The molecule has 0 aliphatic carbocycles. The summed E-state index contributed by atoms with van der Waals surface area (Å²) in [6.07, 6.45) is -0.567. The van der Waals surface area contributed by atoms with E-state index < -0.39 is 6.10 Å². The third kappa shape index (κ3) is 5.09. The van der Waals surface area contributed by atoms with Crippen LogP contribution in [0.1, 0.15) is 26.3 Å². The van der Waals surface area contributed by atoms with E-state index in [1.54, 1.807) is 20.0 Å². The lowest BCUT2D eigenvalue weighted by molar-refractivity contribution is -0.126. The predicted octanol–water partition coefficient (Wildman–Crippen LogP) is 2.35. The Balaban J connectivity index is 2.69. The minimum Gasteiger partial charge on any atom is -0.479 e. The third-order valence-corrected chi connectivity index (χ3v) is 2.93. The predicted molar refractivity (Wildman–Crippen MR) is 77.6 cm³/mol. The average molecular weight is 285 g/mol. The summed E-state index contributed by atoms with van der Waals surface area (Å²) in [4.78, 5) is 11.4. The molecule has 0 radical (unpaired) electrons. The molecule has 0 fully saturated rings. The van der Waals surface area contributed by atoms with Crippen molar-refractivity contribution in [3.05, 3.63) is 28.8 Å². The van der Waals surface area contributed by atoms with Gasteiger partial charge in [0, 0.05) is 19.6 Å². The molecule has 2 N–H and O–H groups in total. The molecule has 4 nitrogen and oxygen atoms in total. The third-order valence-electron chi connectivity index (χ3n) is 2.63. The molecular weight excluding hydrogens is 264 g/mol. The van der Waals surface area contributed by atoms with E-state index in [1.807, 2.05) is 12.1 Å². The maximum absolute atomic E-state index is 11.4. The fourth-order valence-electron chi connectivity index (χ4n) is 1.52. The Labute approximate surface area is 119 Å². The van der Waals surface area contributed by atoms with Crippen molar-refractivity contribution in [3.8, 4) is 5.75 Å². The number of rotatable bonds is 6. The summed E-state index contributed by atoms with van der Waals surface area (Å²) >= 11 is 6.15. The van der Waals surface area contributed by atoms with Crippen LogP contribution in [-0.2, 0) is 11.3 Å². The molecule has 0 aromatic heterocycles. The first kappa shape index (κ1) is 15.8. The molecule has 1 unspecified atom stereocenters. The number of hydrogen-bond acceptors (Lipinski definition) is 3. The molecule has 1 rings (SSSR count). The molecule has 106 valence electrons. The van der Waals surface area contributed by atoms with E-state index in [0.29, 0.717) is 16.8 Å². The van der Waals surface area contributed by atoms with Crippen LogP contribution in [0, 0.1) is 0 Å². The monoisotopic (exact) mass is 284 g/mol. The second-order valence-corrected chi connectivity index (χ2v) is 5.08. The van der Waals surface area contributed by atoms with Gasteiger partial charge in [-0.3, -0.25) is 4.79 Å². The Morgan fingerprint density at radius 2 is 2.05 bits per heavy atom. The van der Waals surface area contributed by atoms with E-state index in [4.69, 9.17) is 16.3 Å². The highest BCUT2D eigenvalue weighted by Crippen LogP contribution is 2.26. The fourth-order valence-corrected chi connectivity index (χ4v) is 1.77. The van der Waals surface area contributed by atoms with Crippen molar-refractivity contribution < 1.29 is 9.53 Å². The number of carbonyl (C=O) groups is 1. The van der Waals surface area contributed by atoms with Crippen molar-refractivity contribution in [2.45, 2.75) is 39.5 Å². The lowest BCUT2D eigenvalue weighted by Crippen LogP contribution is -2.33. The van der Waals surface area contributed by atoms with E-state index in [9.17, 15) is 4.79 Å². The van der Waals surface area contributed by atoms with Crippen molar-refractivity contribution in [3.63, 3.8) is 0 Å². The molecular formula is C14H21ClN2O2. The van der Waals surface area contributed by atoms with Crippen LogP contribution in [0.15, 0.2) is 18.2 Å². The van der Waals surface area contributed by atoms with Gasteiger partial charge in [0.25, 0.3) is 5.91 Å². The number of likely N-dealkylation sites (N-methyl/N-ethyl adjacent to an activating group) is 1. The molecule has 0 bridgehead atoms. The minimum absolute atomic E-state index is 0.179. The molecule has 19 heavy (non-hydrogen) atoms. The van der Waals surface area contributed by atoms with Crippen LogP contribution >= 0.6 is 11.6 Å². The standard InChI is InChI=1S/C14H21ClN2O2/c1-9(2)17-8-11-5-6-13(12(15)7-11)19-10(3)14(18)16-4/h5-7,9-10,17H,8H2,1-4H3,(H,16,18). The molecule has 5 heteroatoms. The Kier molecular flexibility index (Phi) is 6.12. The van der Waals surface area contributed by atoms with Crippen LogP contribution in [0.5, 0.6) is 5.75 Å². The smallest absolute Gasteiger partial charge is 0.260 e. The second-order valence-electron chi connectivity index (χ2n) is 4.67. The van der Waals surface area contributed by atoms with Crippen LogP contribution in [0.4, 0.5) is 0 Å². The van der Waals surface area contributed by atoms with Crippen LogP contribution in [0.2, 0.25) is 5.02 Å². The lowest BCUT2D eigenvalue weighted by atomic mass is 10.2. The van der Waals surface area contributed by atoms with Gasteiger partial charge in [-0.15, -0.1) is 0 Å². The highest BCUT2D eigenvalue weighted by molar-refractivity contribution is 6.32. The maximum atomic E-state index is 11.4. The summed E-state index contributed by atoms with van der Waals surface area (Å²) in [7, 11) is 1.57. The number of benzene rings is 1. The zero-order valence-electron chi connectivity index (χ0n) is 11.8. The SMILES string of the molecule is CNC(=O)C(C)Oc1ccc(CNC(C)C)cc1Cl. The minimum atomic E-state index is -0.567. The maximum Gasteiger partial charge on any atom is 0.260 e. The zero-order chi connectivity index (χ0) is 14.4. The Hall–Kier alpha value is -1.26. The van der Waals surface area contributed by atoms with Crippen molar-refractivity contribution in [2.75, 3.05) is 7.05 Å². The summed E-state index contributed by atoms with van der Waals surface area (Å²) in [5.74, 6) is 0.340. The first-order valence-corrected chi connectivity index (χ1v) is 6.72. The molecule has 1 aromatic rings. The van der Waals surface area contributed by atoms with Gasteiger partial charge in [-0.2, -0.15) is 0 Å². The van der Waals surface area contributed by atoms with Crippen LogP contribution in [-0.4, -0.2) is 25.1 Å². The van der Waals surface area contributed by atoms with Crippen molar-refractivity contribution in [2.24, 2.45) is 0 Å². The van der Waals surface area contributed by atoms with Gasteiger partial charge >= 0.3 is 0 Å². The van der Waals surface area contributed by atoms with Gasteiger partial charge in [-0.25, -0.2) is 0 Å². The van der Waals surface area contributed by atoms with Gasteiger partial charge in [-0.1, -0.05) is 31.5 Å². The topological polar surface area (TPSA) is 50.4 Å². The number of carbonyl (C=O) groups excluding carboxylic acids is 1. The molecule has 0 aliphatic heterocycles. The first-order valence-electron chi connectivity index (χ1n) is 6.34. The Bertz CT molecular complexity index is 435. The molecule has 1 amide bonds. The summed E-state index contributed by atoms with van der Waals surface area (Å²) < 4.78 is 5.51. The van der Waals surface area contributed by atoms with Gasteiger partial charge in [-0.05, 0) is 24.6 Å². The number of ether oxygens (including phenoxy) is 1. The Morgan fingerprint density at radius 3 is 2.58 bits per heavy atom. The van der Waals surface area contributed by atoms with E-state index in [2.05, 4.69) is 24.5 Å². The van der Waals surface area contributed by atoms with E-state index >= 15 is 0 Å². The summed E-state index contributed by atoms with van der Waals surface area (Å²) in [6.45, 7) is 6.61. The molecule has 0 aliphatic rings. The number of nitrogens with one attached hydrogen (secondary N) is 2. The highest BCUT2D eigenvalue weighted by Gasteiger charge is 2.14. The van der Waals surface area contributed by atoms with Crippen molar-refractivity contribution in [1.82, 2.24) is 10.6 Å². The van der Waals surface area contributed by atoms with Gasteiger partial charge in [0.2, 0.25) is 0 Å². The quantitative estimate of drug-likeness (QED) is 0.843. The average Bonchev–Trinajstić information content (AvgIpc) is 2.38. The molecule has 0 heterocycles. The fraction of sp³-hybridized carbons (Fsp3) is 0.500. The normalized spacial score (nSPS) is 12.3. The molecule has 0 saturated heterocycles. The largest absolute Gasteiger partial charge is 0.479 e. The van der Waals surface area contributed by atoms with Gasteiger partial charge < -0.3 is 15.4 Å². The van der Waals surface area contributed by atoms with Gasteiger partial charge in [0.1, 0.15) is 5.75 Å². The zero-order valence-corrected chi connectivity index (χ0v) is 12.5. The van der Waals surface area contributed by atoms with E-state index in [-0.39, 0.29) is 5.91 Å². The molecule has 1 aromatic carbocycles. The molecule has 0 saturated carbocycles. The first-order chi connectivity index (χ1) is 8.93. The van der Waals surface area contributed by atoms with Gasteiger partial charge in [0.05, 0.1) is 5.02 Å². The van der Waals surface area contributed by atoms with Crippen LogP contribution in [0.3, 0.4) is 0 Å².